The normalized spacial score (nSPS) is 19.3. The second-order valence-electron chi connectivity index (χ2n) is 5.97. The Morgan fingerprint density at radius 1 is 0.917 bits per heavy atom. The molecular weight excluding hydrogens is 300 g/mol. The molecule has 1 atom stereocenters. The number of aliphatic imine (C=N–C) groups is 2. The molecule has 118 valence electrons. The van der Waals surface area contributed by atoms with Gasteiger partial charge in [0.25, 0.3) is 0 Å². The number of fused-ring (bicyclic) bond motifs is 2. The molecule has 0 spiro atoms. The second kappa shape index (κ2) is 5.28. The van der Waals surface area contributed by atoms with Crippen LogP contribution in [-0.4, -0.2) is 21.6 Å². The van der Waals surface area contributed by atoms with Gasteiger partial charge in [-0.3, -0.25) is 0 Å². The first-order chi connectivity index (χ1) is 11.6. The average Bonchev–Trinajstić information content (AvgIpc) is 2.57. The van der Waals surface area contributed by atoms with E-state index in [1.54, 1.807) is 12.1 Å². The molecule has 4 nitrogen and oxygen atoms in total. The van der Waals surface area contributed by atoms with E-state index in [9.17, 15) is 10.2 Å². The molecule has 0 radical (unpaired) electrons. The first-order valence-electron chi connectivity index (χ1n) is 7.69. The zero-order chi connectivity index (χ0) is 16.8. The van der Waals surface area contributed by atoms with E-state index in [1.165, 1.54) is 6.07 Å². The third-order valence-electron chi connectivity index (χ3n) is 4.39. The number of phenols is 1. The van der Waals surface area contributed by atoms with E-state index in [4.69, 9.17) is 0 Å². The third-order valence-corrected chi connectivity index (χ3v) is 4.39. The van der Waals surface area contributed by atoms with Crippen molar-refractivity contribution in [2.75, 3.05) is 0 Å². The lowest BCUT2D eigenvalue weighted by atomic mass is 9.87. The maximum absolute atomic E-state index is 10.6. The molecule has 0 aliphatic carbocycles. The summed E-state index contributed by atoms with van der Waals surface area (Å²) in [6, 6.07) is 12.9. The van der Waals surface area contributed by atoms with Gasteiger partial charge in [-0.15, -0.1) is 0 Å². The lowest BCUT2D eigenvalue weighted by Gasteiger charge is -2.27. The molecule has 4 heteroatoms. The predicted octanol–water partition coefficient (Wildman–Crippen LogP) is 3.95. The minimum absolute atomic E-state index is 0.0127. The van der Waals surface area contributed by atoms with Crippen LogP contribution in [0.1, 0.15) is 17.2 Å². The molecule has 2 heterocycles. The van der Waals surface area contributed by atoms with E-state index in [0.29, 0.717) is 34.7 Å². The van der Waals surface area contributed by atoms with Crippen molar-refractivity contribution >= 4 is 22.8 Å². The topological polar surface area (TPSA) is 65.2 Å². The summed E-state index contributed by atoms with van der Waals surface area (Å²) in [6.45, 7) is 8.09. The molecule has 0 amide bonds. The first-order valence-corrected chi connectivity index (χ1v) is 7.69. The molecule has 2 N–H and O–H groups in total. The summed E-state index contributed by atoms with van der Waals surface area (Å²) in [7, 11) is 0. The van der Waals surface area contributed by atoms with Crippen molar-refractivity contribution in [1.82, 2.24) is 0 Å². The number of nitrogens with zero attached hydrogens (tertiary/aromatic N) is 2. The molecule has 0 saturated carbocycles. The minimum atomic E-state index is -1.01. The summed E-state index contributed by atoms with van der Waals surface area (Å²) in [6.07, 6.45) is -0.328. The van der Waals surface area contributed by atoms with Gasteiger partial charge in [0.2, 0.25) is 0 Å². The van der Waals surface area contributed by atoms with Crippen molar-refractivity contribution in [3.63, 3.8) is 0 Å². The molecule has 2 aromatic carbocycles. The molecule has 2 aliphatic heterocycles. The Hall–Kier alpha value is -2.98. The van der Waals surface area contributed by atoms with Gasteiger partial charge in [-0.2, -0.15) is 0 Å². The minimum Gasteiger partial charge on any atom is -0.507 e. The SMILES string of the molecule is C=C1Cc2ccccc2N=C1C1=Nc2cccc(O)c2C(O)C1=C. The number of aromatic hydroxyl groups is 1. The van der Waals surface area contributed by atoms with Gasteiger partial charge < -0.3 is 10.2 Å². The van der Waals surface area contributed by atoms with E-state index < -0.39 is 6.10 Å². The van der Waals surface area contributed by atoms with Crippen LogP contribution in [0.2, 0.25) is 0 Å². The van der Waals surface area contributed by atoms with E-state index >= 15 is 0 Å². The Kier molecular flexibility index (Phi) is 3.22. The van der Waals surface area contributed by atoms with E-state index in [2.05, 4.69) is 23.1 Å². The van der Waals surface area contributed by atoms with E-state index in [-0.39, 0.29) is 5.75 Å². The molecule has 2 aromatic rings. The lowest BCUT2D eigenvalue weighted by Crippen LogP contribution is -2.26. The van der Waals surface area contributed by atoms with Crippen LogP contribution in [0.15, 0.2) is 76.8 Å². The zero-order valence-electron chi connectivity index (χ0n) is 13.0. The van der Waals surface area contributed by atoms with Crippen LogP contribution in [-0.2, 0) is 6.42 Å². The Labute approximate surface area is 139 Å². The molecule has 4 rings (SSSR count). The summed E-state index contributed by atoms with van der Waals surface area (Å²) >= 11 is 0. The number of hydrogen-bond acceptors (Lipinski definition) is 4. The molecule has 1 unspecified atom stereocenters. The number of aliphatic hydroxyl groups is 1. The molecular formula is C20H16N2O2. The van der Waals surface area contributed by atoms with Crippen LogP contribution in [0, 0.1) is 0 Å². The highest BCUT2D eigenvalue weighted by molar-refractivity contribution is 6.54. The second-order valence-corrected chi connectivity index (χ2v) is 5.97. The summed E-state index contributed by atoms with van der Waals surface area (Å²) < 4.78 is 0. The molecule has 0 saturated heterocycles. The van der Waals surface area contributed by atoms with Crippen molar-refractivity contribution in [3.05, 3.63) is 77.9 Å². The van der Waals surface area contributed by atoms with Crippen LogP contribution < -0.4 is 0 Å². The monoisotopic (exact) mass is 316 g/mol. The van der Waals surface area contributed by atoms with Crippen molar-refractivity contribution in [1.29, 1.82) is 0 Å². The molecule has 0 fully saturated rings. The highest BCUT2D eigenvalue weighted by atomic mass is 16.3. The smallest absolute Gasteiger partial charge is 0.123 e. The highest BCUT2D eigenvalue weighted by Crippen LogP contribution is 2.42. The van der Waals surface area contributed by atoms with Crippen molar-refractivity contribution < 1.29 is 10.2 Å². The Morgan fingerprint density at radius 2 is 1.62 bits per heavy atom. The molecule has 0 bridgehead atoms. The van der Waals surface area contributed by atoms with Gasteiger partial charge in [-0.25, -0.2) is 9.98 Å². The van der Waals surface area contributed by atoms with Gasteiger partial charge in [-0.1, -0.05) is 37.4 Å². The van der Waals surface area contributed by atoms with E-state index in [1.807, 2.05) is 24.3 Å². The third kappa shape index (κ3) is 2.12. The van der Waals surface area contributed by atoms with Crippen LogP contribution in [0.5, 0.6) is 5.75 Å². The van der Waals surface area contributed by atoms with Crippen LogP contribution in [0.4, 0.5) is 11.4 Å². The fourth-order valence-corrected chi connectivity index (χ4v) is 3.12. The van der Waals surface area contributed by atoms with Crippen molar-refractivity contribution in [2.24, 2.45) is 9.98 Å². The Bertz CT molecular complexity index is 954. The number of para-hydroxylation sites is 1. The molecule has 24 heavy (non-hydrogen) atoms. The highest BCUT2D eigenvalue weighted by Gasteiger charge is 2.31. The van der Waals surface area contributed by atoms with Gasteiger partial charge in [0.05, 0.1) is 28.4 Å². The maximum Gasteiger partial charge on any atom is 0.123 e. The Balaban J connectivity index is 1.89. The van der Waals surface area contributed by atoms with Gasteiger partial charge in [-0.05, 0) is 29.3 Å². The fourth-order valence-electron chi connectivity index (χ4n) is 3.12. The summed E-state index contributed by atoms with van der Waals surface area (Å²) in [5.74, 6) is 0.0127. The van der Waals surface area contributed by atoms with Gasteiger partial charge in [0.15, 0.2) is 0 Å². The van der Waals surface area contributed by atoms with E-state index in [0.717, 1.165) is 16.8 Å². The summed E-state index contributed by atoms with van der Waals surface area (Å²) in [4.78, 5) is 9.27. The van der Waals surface area contributed by atoms with Crippen LogP contribution >= 0.6 is 0 Å². The first kappa shape index (κ1) is 14.6. The number of phenolic OH excluding ortho intramolecular Hbond substituents is 1. The fraction of sp³-hybridized carbons (Fsp3) is 0.100. The van der Waals surface area contributed by atoms with Crippen molar-refractivity contribution in [3.8, 4) is 5.75 Å². The molecule has 0 aromatic heterocycles. The maximum atomic E-state index is 10.6. The number of rotatable bonds is 1. The number of aliphatic hydroxyl groups excluding tert-OH is 1. The quantitative estimate of drug-likeness (QED) is 0.836. The number of hydrogen-bond donors (Lipinski definition) is 2. The van der Waals surface area contributed by atoms with Crippen LogP contribution in [0.25, 0.3) is 0 Å². The van der Waals surface area contributed by atoms with Crippen molar-refractivity contribution in [2.45, 2.75) is 12.5 Å². The molecule has 2 aliphatic rings. The Morgan fingerprint density at radius 3 is 2.46 bits per heavy atom. The van der Waals surface area contributed by atoms with Gasteiger partial charge >= 0.3 is 0 Å². The zero-order valence-corrected chi connectivity index (χ0v) is 13.0. The average molecular weight is 316 g/mol. The van der Waals surface area contributed by atoms with Gasteiger partial charge in [0, 0.05) is 12.0 Å². The standard InChI is InChI=1S/C20H16N2O2/c1-11-10-13-6-3-4-7-14(13)21-18(11)19-12(2)20(24)17-15(22-19)8-5-9-16(17)23/h3-9,20,23-24H,1-2,10H2. The number of benzene rings is 2. The van der Waals surface area contributed by atoms with Gasteiger partial charge in [0.1, 0.15) is 11.9 Å². The summed E-state index contributed by atoms with van der Waals surface area (Å²) in [5.41, 5.74) is 5.34. The number of allylic oxidation sites excluding steroid dienone is 1. The van der Waals surface area contributed by atoms with Crippen LogP contribution in [0.3, 0.4) is 0 Å². The summed E-state index contributed by atoms with van der Waals surface area (Å²) in [5, 5.41) is 20.6. The largest absolute Gasteiger partial charge is 0.507 e. The predicted molar refractivity (Wildman–Crippen MR) is 95.7 cm³/mol. The lowest BCUT2D eigenvalue weighted by molar-refractivity contribution is 0.217.